The summed E-state index contributed by atoms with van der Waals surface area (Å²) in [6, 6.07) is 0. The van der Waals surface area contributed by atoms with Gasteiger partial charge >= 0.3 is 5.97 Å². The highest BCUT2D eigenvalue weighted by molar-refractivity contribution is 5.78. The first-order valence-corrected chi connectivity index (χ1v) is 5.40. The second kappa shape index (κ2) is 4.12. The molecule has 1 fully saturated rings. The van der Waals surface area contributed by atoms with Gasteiger partial charge in [0.2, 0.25) is 0 Å². The monoisotopic (exact) mass is 184 g/mol. The Balaban J connectivity index is 2.29. The number of carboxylic acid groups (broad SMARTS) is 1. The highest BCUT2D eigenvalue weighted by atomic mass is 16.4. The summed E-state index contributed by atoms with van der Waals surface area (Å²) in [5.74, 6) is -0.0990. The van der Waals surface area contributed by atoms with Crippen molar-refractivity contribution in [3.05, 3.63) is 0 Å². The fourth-order valence-electron chi connectivity index (χ4n) is 2.25. The molecule has 0 aliphatic heterocycles. The molecule has 2 heteroatoms. The van der Waals surface area contributed by atoms with E-state index in [1.54, 1.807) is 0 Å². The predicted molar refractivity (Wildman–Crippen MR) is 52.6 cm³/mol. The van der Waals surface area contributed by atoms with Crippen LogP contribution in [0.4, 0.5) is 0 Å². The summed E-state index contributed by atoms with van der Waals surface area (Å²) < 4.78 is 0. The summed E-state index contributed by atoms with van der Waals surface area (Å²) >= 11 is 0. The maximum absolute atomic E-state index is 11.0. The molecule has 0 spiro atoms. The molecular formula is C11H20O2. The molecule has 0 bridgehead atoms. The molecule has 0 radical (unpaired) electrons. The lowest BCUT2D eigenvalue weighted by Gasteiger charge is -2.08. The zero-order valence-electron chi connectivity index (χ0n) is 8.68. The van der Waals surface area contributed by atoms with Gasteiger partial charge in [0.15, 0.2) is 0 Å². The normalized spacial score (nSPS) is 31.7. The summed E-state index contributed by atoms with van der Waals surface area (Å²) in [6.07, 6.45) is 6.51. The van der Waals surface area contributed by atoms with Crippen LogP contribution in [0.25, 0.3) is 0 Å². The van der Waals surface area contributed by atoms with Gasteiger partial charge in [0, 0.05) is 0 Å². The molecule has 0 aromatic rings. The number of rotatable bonds is 6. The Morgan fingerprint density at radius 2 is 2.15 bits per heavy atom. The van der Waals surface area contributed by atoms with Gasteiger partial charge in [-0.2, -0.15) is 0 Å². The Bertz CT molecular complexity index is 189. The maximum atomic E-state index is 11.0. The van der Waals surface area contributed by atoms with Crippen molar-refractivity contribution in [2.45, 2.75) is 52.4 Å². The number of aliphatic carboxylic acids is 1. The first kappa shape index (κ1) is 10.6. The van der Waals surface area contributed by atoms with Crippen molar-refractivity contribution in [2.24, 2.45) is 11.3 Å². The molecule has 0 aromatic heterocycles. The van der Waals surface area contributed by atoms with Crippen LogP contribution in [0.3, 0.4) is 0 Å². The van der Waals surface area contributed by atoms with E-state index >= 15 is 0 Å². The molecule has 1 aliphatic rings. The smallest absolute Gasteiger partial charge is 0.309 e. The van der Waals surface area contributed by atoms with Crippen LogP contribution >= 0.6 is 0 Å². The molecule has 1 saturated carbocycles. The van der Waals surface area contributed by atoms with Crippen LogP contribution in [0, 0.1) is 11.3 Å². The van der Waals surface area contributed by atoms with Crippen LogP contribution in [0.1, 0.15) is 52.4 Å². The number of hydrogen-bond acceptors (Lipinski definition) is 1. The minimum atomic E-state index is -0.573. The average molecular weight is 184 g/mol. The van der Waals surface area contributed by atoms with E-state index in [2.05, 4.69) is 6.92 Å². The molecule has 13 heavy (non-hydrogen) atoms. The predicted octanol–water partition coefficient (Wildman–Crippen LogP) is 3.07. The maximum Gasteiger partial charge on any atom is 0.309 e. The van der Waals surface area contributed by atoms with Gasteiger partial charge in [0.05, 0.1) is 5.41 Å². The Morgan fingerprint density at radius 3 is 2.54 bits per heavy atom. The van der Waals surface area contributed by atoms with Gasteiger partial charge in [-0.3, -0.25) is 4.79 Å². The molecule has 2 atom stereocenters. The highest BCUT2D eigenvalue weighted by Crippen LogP contribution is 2.57. The molecule has 1 rings (SSSR count). The van der Waals surface area contributed by atoms with Crippen molar-refractivity contribution < 1.29 is 9.90 Å². The van der Waals surface area contributed by atoms with Crippen molar-refractivity contribution in [1.29, 1.82) is 0 Å². The lowest BCUT2D eigenvalue weighted by atomic mass is 9.98. The van der Waals surface area contributed by atoms with Gasteiger partial charge in [-0.05, 0) is 25.2 Å². The second-order valence-corrected chi connectivity index (χ2v) is 4.21. The minimum Gasteiger partial charge on any atom is -0.481 e. The lowest BCUT2D eigenvalue weighted by Crippen LogP contribution is -2.16. The molecule has 0 heterocycles. The summed E-state index contributed by atoms with van der Waals surface area (Å²) in [4.78, 5) is 11.0. The molecule has 2 nitrogen and oxygen atoms in total. The summed E-state index contributed by atoms with van der Waals surface area (Å²) in [5, 5.41) is 9.03. The Kier molecular flexibility index (Phi) is 3.34. The third-order valence-corrected chi connectivity index (χ3v) is 3.44. The third kappa shape index (κ3) is 2.04. The number of hydrogen-bond donors (Lipinski definition) is 1. The van der Waals surface area contributed by atoms with Crippen molar-refractivity contribution in [3.8, 4) is 0 Å². The Morgan fingerprint density at radius 1 is 1.46 bits per heavy atom. The minimum absolute atomic E-state index is 0.326. The van der Waals surface area contributed by atoms with Crippen LogP contribution in [-0.2, 0) is 4.79 Å². The summed E-state index contributed by atoms with van der Waals surface area (Å²) in [5.41, 5.74) is -0.326. The second-order valence-electron chi connectivity index (χ2n) is 4.21. The first-order valence-electron chi connectivity index (χ1n) is 5.40. The zero-order chi connectivity index (χ0) is 9.90. The SMILES string of the molecule is CCCCCC1CC1(CC)C(=O)O. The van der Waals surface area contributed by atoms with E-state index in [4.69, 9.17) is 5.11 Å². The summed E-state index contributed by atoms with van der Waals surface area (Å²) in [7, 11) is 0. The highest BCUT2D eigenvalue weighted by Gasteiger charge is 2.57. The van der Waals surface area contributed by atoms with E-state index in [1.165, 1.54) is 19.3 Å². The van der Waals surface area contributed by atoms with Crippen LogP contribution in [0.5, 0.6) is 0 Å². The van der Waals surface area contributed by atoms with Gasteiger partial charge in [0.25, 0.3) is 0 Å². The average Bonchev–Trinajstić information content (AvgIpc) is 2.81. The van der Waals surface area contributed by atoms with Crippen LogP contribution in [-0.4, -0.2) is 11.1 Å². The number of carboxylic acids is 1. The van der Waals surface area contributed by atoms with Gasteiger partial charge < -0.3 is 5.11 Å². The van der Waals surface area contributed by atoms with E-state index < -0.39 is 5.97 Å². The number of unbranched alkanes of at least 4 members (excludes halogenated alkanes) is 2. The van der Waals surface area contributed by atoms with Crippen molar-refractivity contribution >= 4 is 5.97 Å². The topological polar surface area (TPSA) is 37.3 Å². The Labute approximate surface area is 80.3 Å². The molecule has 1 N–H and O–H groups in total. The van der Waals surface area contributed by atoms with Crippen LogP contribution < -0.4 is 0 Å². The van der Waals surface area contributed by atoms with Gasteiger partial charge in [-0.25, -0.2) is 0 Å². The quantitative estimate of drug-likeness (QED) is 0.644. The molecule has 0 amide bonds. The van der Waals surface area contributed by atoms with E-state index in [1.807, 2.05) is 6.92 Å². The Hall–Kier alpha value is -0.530. The van der Waals surface area contributed by atoms with E-state index in [0.717, 1.165) is 19.3 Å². The summed E-state index contributed by atoms with van der Waals surface area (Å²) in [6.45, 7) is 4.17. The molecule has 76 valence electrons. The molecule has 0 aromatic carbocycles. The van der Waals surface area contributed by atoms with Crippen molar-refractivity contribution in [1.82, 2.24) is 0 Å². The third-order valence-electron chi connectivity index (χ3n) is 3.44. The fraction of sp³-hybridized carbons (Fsp3) is 0.909. The standard InChI is InChI=1S/C11H20O2/c1-3-5-6-7-9-8-11(9,4-2)10(12)13/h9H,3-8H2,1-2H3,(H,12,13). The molecule has 1 aliphatic carbocycles. The molecular weight excluding hydrogens is 164 g/mol. The lowest BCUT2D eigenvalue weighted by molar-refractivity contribution is -0.144. The molecule has 0 saturated heterocycles. The fourth-order valence-corrected chi connectivity index (χ4v) is 2.25. The largest absolute Gasteiger partial charge is 0.481 e. The van der Waals surface area contributed by atoms with E-state index in [0.29, 0.717) is 5.92 Å². The van der Waals surface area contributed by atoms with Gasteiger partial charge in [-0.15, -0.1) is 0 Å². The van der Waals surface area contributed by atoms with E-state index in [-0.39, 0.29) is 5.41 Å². The van der Waals surface area contributed by atoms with Gasteiger partial charge in [0.1, 0.15) is 0 Å². The first-order chi connectivity index (χ1) is 6.17. The van der Waals surface area contributed by atoms with Crippen molar-refractivity contribution in [2.75, 3.05) is 0 Å². The zero-order valence-corrected chi connectivity index (χ0v) is 8.68. The van der Waals surface area contributed by atoms with Crippen LogP contribution in [0.15, 0.2) is 0 Å². The van der Waals surface area contributed by atoms with Crippen LogP contribution in [0.2, 0.25) is 0 Å². The van der Waals surface area contributed by atoms with Gasteiger partial charge in [-0.1, -0.05) is 33.1 Å². The number of carbonyl (C=O) groups is 1. The van der Waals surface area contributed by atoms with Crippen molar-refractivity contribution in [3.63, 3.8) is 0 Å². The molecule has 2 unspecified atom stereocenters. The van der Waals surface area contributed by atoms with E-state index in [9.17, 15) is 4.79 Å².